The normalized spacial score (nSPS) is 18.0. The zero-order chi connectivity index (χ0) is 13.0. The Kier molecular flexibility index (Phi) is 4.28. The molecule has 1 fully saturated rings. The highest BCUT2D eigenvalue weighted by Crippen LogP contribution is 2.17. The molecule has 100 valence electrons. The third kappa shape index (κ3) is 3.52. The number of aliphatic imine (C=N–C) groups is 1. The van der Waals surface area contributed by atoms with Crippen molar-refractivity contribution in [3.8, 4) is 0 Å². The molecule has 3 N–H and O–H groups in total. The average Bonchev–Trinajstić information content (AvgIpc) is 2.66. The van der Waals surface area contributed by atoms with E-state index < -0.39 is 0 Å². The van der Waals surface area contributed by atoms with Crippen molar-refractivity contribution in [2.45, 2.75) is 58.5 Å². The van der Waals surface area contributed by atoms with Crippen molar-refractivity contribution in [1.29, 1.82) is 0 Å². The largest absolute Gasteiger partial charge is 0.466 e. The number of aryl methyl sites for hydroxylation is 2. The summed E-state index contributed by atoms with van der Waals surface area (Å²) in [6, 6.07) is 2.53. The van der Waals surface area contributed by atoms with Crippen LogP contribution in [-0.2, 0) is 6.54 Å². The molecule has 4 heteroatoms. The van der Waals surface area contributed by atoms with E-state index >= 15 is 0 Å². The van der Waals surface area contributed by atoms with E-state index in [9.17, 15) is 0 Å². The van der Waals surface area contributed by atoms with Crippen LogP contribution >= 0.6 is 0 Å². The third-order valence-electron chi connectivity index (χ3n) is 3.52. The smallest absolute Gasteiger partial charge is 0.189 e. The first kappa shape index (κ1) is 13.0. The highest BCUT2D eigenvalue weighted by molar-refractivity contribution is 5.78. The number of nitrogens with one attached hydrogen (secondary N) is 1. The van der Waals surface area contributed by atoms with Crippen molar-refractivity contribution < 1.29 is 4.42 Å². The van der Waals surface area contributed by atoms with Gasteiger partial charge in [0.15, 0.2) is 5.96 Å². The van der Waals surface area contributed by atoms with Gasteiger partial charge in [-0.25, -0.2) is 4.99 Å². The molecule has 0 aliphatic heterocycles. The predicted molar refractivity (Wildman–Crippen MR) is 73.5 cm³/mol. The van der Waals surface area contributed by atoms with E-state index in [0.29, 0.717) is 18.5 Å². The predicted octanol–water partition coefficient (Wildman–Crippen LogP) is 2.63. The lowest BCUT2D eigenvalue weighted by atomic mass is 9.96. The molecule has 1 aliphatic rings. The van der Waals surface area contributed by atoms with Crippen molar-refractivity contribution >= 4 is 5.96 Å². The highest BCUT2D eigenvalue weighted by Gasteiger charge is 2.13. The molecular formula is C14H23N3O. The Morgan fingerprint density at radius 1 is 1.39 bits per heavy atom. The Labute approximate surface area is 109 Å². The van der Waals surface area contributed by atoms with Gasteiger partial charge in [0, 0.05) is 11.6 Å². The number of hydrogen-bond donors (Lipinski definition) is 2. The third-order valence-corrected chi connectivity index (χ3v) is 3.52. The number of nitrogens with zero attached hydrogens (tertiary/aromatic N) is 1. The quantitative estimate of drug-likeness (QED) is 0.639. The van der Waals surface area contributed by atoms with Crippen LogP contribution in [0.25, 0.3) is 0 Å². The van der Waals surface area contributed by atoms with Crippen LogP contribution in [0.2, 0.25) is 0 Å². The molecule has 0 bridgehead atoms. The molecule has 1 saturated carbocycles. The molecule has 0 radical (unpaired) electrons. The van der Waals surface area contributed by atoms with Crippen LogP contribution in [-0.4, -0.2) is 12.0 Å². The van der Waals surface area contributed by atoms with Gasteiger partial charge in [-0.3, -0.25) is 0 Å². The van der Waals surface area contributed by atoms with E-state index in [4.69, 9.17) is 10.2 Å². The standard InChI is InChI=1S/C14H23N3O/c1-10-8-12(11(2)18-10)9-16-14(15)17-13-6-4-3-5-7-13/h8,13H,3-7,9H2,1-2H3,(H3,15,16,17). The van der Waals surface area contributed by atoms with Crippen molar-refractivity contribution in [3.05, 3.63) is 23.2 Å². The fourth-order valence-corrected chi connectivity index (χ4v) is 2.51. The summed E-state index contributed by atoms with van der Waals surface area (Å²) in [4.78, 5) is 4.39. The van der Waals surface area contributed by atoms with Crippen molar-refractivity contribution in [3.63, 3.8) is 0 Å². The summed E-state index contributed by atoms with van der Waals surface area (Å²) >= 11 is 0. The van der Waals surface area contributed by atoms with Gasteiger partial charge in [-0.1, -0.05) is 19.3 Å². The Balaban J connectivity index is 1.86. The summed E-state index contributed by atoms with van der Waals surface area (Å²) in [5, 5.41) is 3.31. The van der Waals surface area contributed by atoms with E-state index in [1.165, 1.54) is 32.1 Å². The van der Waals surface area contributed by atoms with Gasteiger partial charge in [-0.15, -0.1) is 0 Å². The minimum absolute atomic E-state index is 0.509. The monoisotopic (exact) mass is 249 g/mol. The van der Waals surface area contributed by atoms with Crippen molar-refractivity contribution in [1.82, 2.24) is 5.32 Å². The molecule has 0 aromatic carbocycles. The Bertz CT molecular complexity index is 417. The maximum atomic E-state index is 5.92. The topological polar surface area (TPSA) is 63.5 Å². The molecular weight excluding hydrogens is 226 g/mol. The molecule has 18 heavy (non-hydrogen) atoms. The van der Waals surface area contributed by atoms with Gasteiger partial charge in [0.05, 0.1) is 6.54 Å². The Morgan fingerprint density at radius 2 is 2.11 bits per heavy atom. The molecule has 0 unspecified atom stereocenters. The second kappa shape index (κ2) is 5.94. The van der Waals surface area contributed by atoms with Crippen LogP contribution in [0.15, 0.2) is 15.5 Å². The average molecular weight is 249 g/mol. The SMILES string of the molecule is Cc1cc(CN=C(N)NC2CCCCC2)c(C)o1. The molecule has 1 aromatic rings. The molecule has 0 amide bonds. The molecule has 0 atom stereocenters. The summed E-state index contributed by atoms with van der Waals surface area (Å²) in [7, 11) is 0. The minimum Gasteiger partial charge on any atom is -0.466 e. The van der Waals surface area contributed by atoms with Gasteiger partial charge in [-0.2, -0.15) is 0 Å². The number of rotatable bonds is 3. The fourth-order valence-electron chi connectivity index (χ4n) is 2.51. The Hall–Kier alpha value is -1.45. The van der Waals surface area contributed by atoms with E-state index in [1.807, 2.05) is 19.9 Å². The van der Waals surface area contributed by atoms with Gasteiger partial charge >= 0.3 is 0 Å². The van der Waals surface area contributed by atoms with Crippen LogP contribution in [0.4, 0.5) is 0 Å². The summed E-state index contributed by atoms with van der Waals surface area (Å²) in [6.45, 7) is 4.50. The first-order valence-electron chi connectivity index (χ1n) is 6.77. The molecule has 0 spiro atoms. The van der Waals surface area contributed by atoms with Gasteiger partial charge in [0.25, 0.3) is 0 Å². The Morgan fingerprint density at radius 3 is 2.72 bits per heavy atom. The van der Waals surface area contributed by atoms with E-state index in [2.05, 4.69) is 10.3 Å². The van der Waals surface area contributed by atoms with Gasteiger partial charge in [0.2, 0.25) is 0 Å². The summed E-state index contributed by atoms with van der Waals surface area (Å²) in [5.74, 6) is 2.42. The zero-order valence-electron chi connectivity index (χ0n) is 11.3. The maximum absolute atomic E-state index is 5.92. The number of guanidine groups is 1. The first-order chi connectivity index (χ1) is 8.65. The van der Waals surface area contributed by atoms with Gasteiger partial charge in [-0.05, 0) is 32.8 Å². The van der Waals surface area contributed by atoms with E-state index in [0.717, 1.165) is 17.1 Å². The first-order valence-corrected chi connectivity index (χ1v) is 6.77. The number of hydrogen-bond acceptors (Lipinski definition) is 2. The van der Waals surface area contributed by atoms with E-state index in [1.54, 1.807) is 0 Å². The molecule has 1 aromatic heterocycles. The molecule has 4 nitrogen and oxygen atoms in total. The summed E-state index contributed by atoms with van der Waals surface area (Å²) in [5.41, 5.74) is 7.03. The van der Waals surface area contributed by atoms with Crippen molar-refractivity contribution in [2.75, 3.05) is 0 Å². The molecule has 1 heterocycles. The second-order valence-electron chi connectivity index (χ2n) is 5.12. The van der Waals surface area contributed by atoms with Crippen LogP contribution in [0, 0.1) is 13.8 Å². The van der Waals surface area contributed by atoms with Crippen LogP contribution < -0.4 is 11.1 Å². The summed E-state index contributed by atoms with van der Waals surface area (Å²) in [6.07, 6.45) is 6.36. The number of furan rings is 1. The molecule has 0 saturated heterocycles. The van der Waals surface area contributed by atoms with Crippen molar-refractivity contribution in [2.24, 2.45) is 10.7 Å². The van der Waals surface area contributed by atoms with Crippen LogP contribution in [0.5, 0.6) is 0 Å². The number of nitrogens with two attached hydrogens (primary N) is 1. The van der Waals surface area contributed by atoms with Gasteiger partial charge in [0.1, 0.15) is 11.5 Å². The summed E-state index contributed by atoms with van der Waals surface area (Å²) < 4.78 is 5.47. The van der Waals surface area contributed by atoms with Gasteiger partial charge < -0.3 is 15.5 Å². The van der Waals surface area contributed by atoms with E-state index in [-0.39, 0.29) is 0 Å². The molecule has 1 aliphatic carbocycles. The second-order valence-corrected chi connectivity index (χ2v) is 5.12. The fraction of sp³-hybridized carbons (Fsp3) is 0.643. The lowest BCUT2D eigenvalue weighted by Gasteiger charge is -2.23. The molecule has 2 rings (SSSR count). The lowest BCUT2D eigenvalue weighted by molar-refractivity contribution is 0.412. The minimum atomic E-state index is 0.509. The zero-order valence-corrected chi connectivity index (χ0v) is 11.3. The van der Waals surface area contributed by atoms with Crippen LogP contribution in [0.1, 0.15) is 49.2 Å². The maximum Gasteiger partial charge on any atom is 0.189 e. The lowest BCUT2D eigenvalue weighted by Crippen LogP contribution is -2.41. The highest BCUT2D eigenvalue weighted by atomic mass is 16.3. The van der Waals surface area contributed by atoms with Crippen LogP contribution in [0.3, 0.4) is 0 Å².